The smallest absolute Gasteiger partial charge is 0.305 e. The zero-order valence-electron chi connectivity index (χ0n) is 10.1. The van der Waals surface area contributed by atoms with Crippen LogP contribution in [0.15, 0.2) is 12.3 Å². The van der Waals surface area contributed by atoms with Gasteiger partial charge in [0, 0.05) is 11.7 Å². The topological polar surface area (TPSA) is 86.0 Å². The van der Waals surface area contributed by atoms with E-state index >= 15 is 0 Å². The number of rotatable bonds is 4. The van der Waals surface area contributed by atoms with Gasteiger partial charge in [-0.25, -0.2) is 4.98 Å². The van der Waals surface area contributed by atoms with Crippen LogP contribution in [0.5, 0.6) is 0 Å². The third kappa shape index (κ3) is 3.45. The number of nitrogens with one attached hydrogen (secondary N) is 1. The first-order chi connectivity index (χ1) is 7.85. The standard InChI is InChI=1S/C12H15N3O2/c1-8-4-5-14-11(9(8)7-13)15-12(2,3)6-10(16)17/h4-5H,6H2,1-3H3,(H,14,15)(H,16,17). The summed E-state index contributed by atoms with van der Waals surface area (Å²) in [5.41, 5.74) is 0.611. The first kappa shape index (κ1) is 13.0. The predicted molar refractivity (Wildman–Crippen MR) is 63.6 cm³/mol. The molecule has 1 heterocycles. The second-order valence-electron chi connectivity index (χ2n) is 4.54. The Labute approximate surface area is 100 Å². The Balaban J connectivity index is 3.00. The van der Waals surface area contributed by atoms with Gasteiger partial charge in [-0.1, -0.05) is 0 Å². The number of nitriles is 1. The predicted octanol–water partition coefficient (Wildman–Crippen LogP) is 1.93. The lowest BCUT2D eigenvalue weighted by Gasteiger charge is -2.25. The number of carboxylic acids is 1. The Morgan fingerprint density at radius 2 is 2.29 bits per heavy atom. The Morgan fingerprint density at radius 1 is 1.65 bits per heavy atom. The molecule has 1 rings (SSSR count). The third-order valence-corrected chi connectivity index (χ3v) is 2.32. The number of carbonyl (C=O) groups is 1. The molecule has 0 radical (unpaired) electrons. The SMILES string of the molecule is Cc1ccnc(NC(C)(C)CC(=O)O)c1C#N. The molecular weight excluding hydrogens is 218 g/mol. The van der Waals surface area contributed by atoms with E-state index < -0.39 is 11.5 Å². The van der Waals surface area contributed by atoms with Crippen molar-refractivity contribution < 1.29 is 9.90 Å². The van der Waals surface area contributed by atoms with Crippen LogP contribution in [0, 0.1) is 18.3 Å². The van der Waals surface area contributed by atoms with Crippen LogP contribution in [0.4, 0.5) is 5.82 Å². The molecular formula is C12H15N3O2. The molecule has 0 saturated carbocycles. The lowest BCUT2D eigenvalue weighted by atomic mass is 10.00. The quantitative estimate of drug-likeness (QED) is 0.829. The first-order valence-corrected chi connectivity index (χ1v) is 5.21. The summed E-state index contributed by atoms with van der Waals surface area (Å²) >= 11 is 0. The maximum absolute atomic E-state index is 10.7. The molecule has 0 aliphatic heterocycles. The van der Waals surface area contributed by atoms with Crippen LogP contribution in [0.2, 0.25) is 0 Å². The summed E-state index contributed by atoms with van der Waals surface area (Å²) in [5.74, 6) is -0.465. The number of aliphatic carboxylic acids is 1. The Morgan fingerprint density at radius 3 is 2.82 bits per heavy atom. The summed E-state index contributed by atoms with van der Waals surface area (Å²) in [4.78, 5) is 14.8. The molecule has 2 N–H and O–H groups in total. The maximum atomic E-state index is 10.7. The van der Waals surface area contributed by atoms with Crippen molar-refractivity contribution in [3.8, 4) is 6.07 Å². The van der Waals surface area contributed by atoms with E-state index in [0.29, 0.717) is 11.4 Å². The van der Waals surface area contributed by atoms with Crippen molar-refractivity contribution in [3.63, 3.8) is 0 Å². The van der Waals surface area contributed by atoms with Gasteiger partial charge < -0.3 is 10.4 Å². The fourth-order valence-electron chi connectivity index (χ4n) is 1.54. The van der Waals surface area contributed by atoms with Crippen molar-refractivity contribution in [3.05, 3.63) is 23.4 Å². The van der Waals surface area contributed by atoms with Crippen molar-refractivity contribution in [1.29, 1.82) is 5.26 Å². The molecule has 90 valence electrons. The second-order valence-corrected chi connectivity index (χ2v) is 4.54. The van der Waals surface area contributed by atoms with E-state index in [1.165, 1.54) is 0 Å². The molecule has 5 heteroatoms. The van der Waals surface area contributed by atoms with E-state index in [-0.39, 0.29) is 6.42 Å². The summed E-state index contributed by atoms with van der Waals surface area (Å²) < 4.78 is 0. The van der Waals surface area contributed by atoms with Crippen LogP contribution < -0.4 is 5.32 Å². The zero-order chi connectivity index (χ0) is 13.1. The minimum absolute atomic E-state index is 0.0481. The molecule has 0 aliphatic rings. The number of pyridine rings is 1. The third-order valence-electron chi connectivity index (χ3n) is 2.32. The summed E-state index contributed by atoms with van der Waals surface area (Å²) in [5, 5.41) is 20.8. The largest absolute Gasteiger partial charge is 0.481 e. The van der Waals surface area contributed by atoms with Gasteiger partial charge in [0.2, 0.25) is 0 Å². The molecule has 0 bridgehead atoms. The highest BCUT2D eigenvalue weighted by Crippen LogP contribution is 2.21. The van der Waals surface area contributed by atoms with Crippen LogP contribution in [0.3, 0.4) is 0 Å². The van der Waals surface area contributed by atoms with E-state index in [4.69, 9.17) is 10.4 Å². The minimum atomic E-state index is -0.895. The van der Waals surface area contributed by atoms with Gasteiger partial charge in [-0.2, -0.15) is 5.26 Å². The normalized spacial score (nSPS) is 10.7. The van der Waals surface area contributed by atoms with Crippen molar-refractivity contribution in [2.45, 2.75) is 32.7 Å². The number of nitrogens with zero attached hydrogens (tertiary/aromatic N) is 2. The summed E-state index contributed by atoms with van der Waals surface area (Å²) in [6, 6.07) is 3.81. The maximum Gasteiger partial charge on any atom is 0.305 e. The van der Waals surface area contributed by atoms with Crippen LogP contribution in [0.25, 0.3) is 0 Å². The van der Waals surface area contributed by atoms with E-state index in [0.717, 1.165) is 5.56 Å². The molecule has 0 unspecified atom stereocenters. The fourth-order valence-corrected chi connectivity index (χ4v) is 1.54. The van der Waals surface area contributed by atoms with Gasteiger partial charge in [0.15, 0.2) is 0 Å². The van der Waals surface area contributed by atoms with Crippen molar-refractivity contribution >= 4 is 11.8 Å². The van der Waals surface area contributed by atoms with Crippen LogP contribution >= 0.6 is 0 Å². The Kier molecular flexibility index (Phi) is 3.69. The number of hydrogen-bond donors (Lipinski definition) is 2. The highest BCUT2D eigenvalue weighted by molar-refractivity contribution is 5.69. The summed E-state index contributed by atoms with van der Waals surface area (Å²) in [6.45, 7) is 5.33. The Bertz CT molecular complexity index is 475. The number of aromatic nitrogens is 1. The molecule has 0 aromatic carbocycles. The highest BCUT2D eigenvalue weighted by atomic mass is 16.4. The van der Waals surface area contributed by atoms with Crippen molar-refractivity contribution in [2.24, 2.45) is 0 Å². The van der Waals surface area contributed by atoms with E-state index in [9.17, 15) is 4.79 Å². The number of carboxylic acid groups (broad SMARTS) is 1. The van der Waals surface area contributed by atoms with Crippen molar-refractivity contribution in [1.82, 2.24) is 4.98 Å². The van der Waals surface area contributed by atoms with Gasteiger partial charge in [-0.05, 0) is 32.4 Å². The van der Waals surface area contributed by atoms with Gasteiger partial charge in [-0.3, -0.25) is 4.79 Å². The first-order valence-electron chi connectivity index (χ1n) is 5.21. The second kappa shape index (κ2) is 4.83. The molecule has 5 nitrogen and oxygen atoms in total. The molecule has 0 spiro atoms. The highest BCUT2D eigenvalue weighted by Gasteiger charge is 2.23. The monoisotopic (exact) mass is 233 g/mol. The lowest BCUT2D eigenvalue weighted by molar-refractivity contribution is -0.137. The van der Waals surface area contributed by atoms with Crippen molar-refractivity contribution in [2.75, 3.05) is 5.32 Å². The molecule has 0 aliphatic carbocycles. The van der Waals surface area contributed by atoms with Crippen LogP contribution in [-0.2, 0) is 4.79 Å². The number of anilines is 1. The average Bonchev–Trinajstić information content (AvgIpc) is 2.14. The van der Waals surface area contributed by atoms with E-state index in [1.807, 2.05) is 6.92 Å². The zero-order valence-corrected chi connectivity index (χ0v) is 10.1. The van der Waals surface area contributed by atoms with Crippen LogP contribution in [-0.4, -0.2) is 21.6 Å². The molecule has 0 saturated heterocycles. The molecule has 1 aromatic rings. The van der Waals surface area contributed by atoms with Gasteiger partial charge in [-0.15, -0.1) is 0 Å². The van der Waals surface area contributed by atoms with Crippen LogP contribution in [0.1, 0.15) is 31.4 Å². The summed E-state index contributed by atoms with van der Waals surface area (Å²) in [7, 11) is 0. The molecule has 17 heavy (non-hydrogen) atoms. The summed E-state index contributed by atoms with van der Waals surface area (Å²) in [6.07, 6.45) is 1.54. The molecule has 0 fully saturated rings. The van der Waals surface area contributed by atoms with Gasteiger partial charge in [0.05, 0.1) is 12.0 Å². The fraction of sp³-hybridized carbons (Fsp3) is 0.417. The Hall–Kier alpha value is -2.09. The molecule has 1 aromatic heterocycles. The van der Waals surface area contributed by atoms with E-state index in [2.05, 4.69) is 16.4 Å². The lowest BCUT2D eigenvalue weighted by Crippen LogP contribution is -2.34. The van der Waals surface area contributed by atoms with Gasteiger partial charge in [0.1, 0.15) is 11.9 Å². The van der Waals surface area contributed by atoms with Gasteiger partial charge in [0.25, 0.3) is 0 Å². The molecule has 0 amide bonds. The minimum Gasteiger partial charge on any atom is -0.481 e. The van der Waals surface area contributed by atoms with E-state index in [1.54, 1.807) is 26.1 Å². The number of hydrogen-bond acceptors (Lipinski definition) is 4. The molecule has 0 atom stereocenters. The average molecular weight is 233 g/mol. The number of aryl methyl sites for hydroxylation is 1. The van der Waals surface area contributed by atoms with Gasteiger partial charge >= 0.3 is 5.97 Å².